The van der Waals surface area contributed by atoms with E-state index in [9.17, 15) is 18.8 Å². The molecular weight excluding hydrogens is 439 g/mol. The first-order valence-electron chi connectivity index (χ1n) is 10.1. The second-order valence-electron chi connectivity index (χ2n) is 7.35. The van der Waals surface area contributed by atoms with Gasteiger partial charge in [0, 0.05) is 25.3 Å². The Kier molecular flexibility index (Phi) is 7.88. The molecule has 1 aliphatic rings. The lowest BCUT2D eigenvalue weighted by Gasteiger charge is -2.32. The number of anilines is 2. The highest BCUT2D eigenvalue weighted by Crippen LogP contribution is 2.24. The summed E-state index contributed by atoms with van der Waals surface area (Å²) in [6.45, 7) is 1.38. The molecule has 1 saturated heterocycles. The van der Waals surface area contributed by atoms with Crippen LogP contribution in [0.1, 0.15) is 12.8 Å². The Labute approximate surface area is 190 Å². The Morgan fingerprint density at radius 1 is 1.09 bits per heavy atom. The van der Waals surface area contributed by atoms with Gasteiger partial charge in [-0.3, -0.25) is 9.59 Å². The summed E-state index contributed by atoms with van der Waals surface area (Å²) >= 11 is 5.67. The van der Waals surface area contributed by atoms with Gasteiger partial charge in [0.15, 0.2) is 0 Å². The monoisotopic (exact) mass is 462 g/mol. The summed E-state index contributed by atoms with van der Waals surface area (Å²) in [6.07, 6.45) is 1.38. The summed E-state index contributed by atoms with van der Waals surface area (Å²) in [4.78, 5) is 38.3. The third kappa shape index (κ3) is 6.10. The van der Waals surface area contributed by atoms with Crippen LogP contribution in [-0.4, -0.2) is 49.5 Å². The third-order valence-corrected chi connectivity index (χ3v) is 5.47. The van der Waals surface area contributed by atoms with Crippen LogP contribution in [0.15, 0.2) is 42.5 Å². The zero-order valence-electron chi connectivity index (χ0n) is 17.5. The van der Waals surface area contributed by atoms with Crippen LogP contribution >= 0.6 is 11.6 Å². The van der Waals surface area contributed by atoms with Gasteiger partial charge < -0.3 is 25.6 Å². The lowest BCUT2D eigenvalue weighted by Crippen LogP contribution is -2.44. The molecule has 1 aliphatic heterocycles. The van der Waals surface area contributed by atoms with E-state index < -0.39 is 17.6 Å². The molecule has 32 heavy (non-hydrogen) atoms. The standard InChI is InChI=1S/C22H24ClFN4O4/c1-32-19-5-3-2-4-18(19)27-22(31)28-10-8-14(9-11-28)13-25-20(29)21(30)26-15-6-7-17(24)16(23)12-15/h2-7,12,14H,8-11,13H2,1H3,(H,25,29)(H,26,30)(H,27,31). The minimum Gasteiger partial charge on any atom is -0.495 e. The SMILES string of the molecule is COc1ccccc1NC(=O)N1CCC(CNC(=O)C(=O)Nc2ccc(F)c(Cl)c2)CC1. The number of amides is 4. The zero-order valence-corrected chi connectivity index (χ0v) is 18.2. The van der Waals surface area contributed by atoms with Crippen LogP contribution in [0.5, 0.6) is 5.75 Å². The molecule has 3 rings (SSSR count). The first-order valence-corrected chi connectivity index (χ1v) is 10.5. The highest BCUT2D eigenvalue weighted by molar-refractivity contribution is 6.39. The smallest absolute Gasteiger partial charge is 0.321 e. The van der Waals surface area contributed by atoms with E-state index in [4.69, 9.17) is 16.3 Å². The number of rotatable bonds is 5. The van der Waals surface area contributed by atoms with Gasteiger partial charge in [-0.1, -0.05) is 23.7 Å². The van der Waals surface area contributed by atoms with Crippen molar-refractivity contribution >= 4 is 40.8 Å². The fourth-order valence-electron chi connectivity index (χ4n) is 3.36. The fourth-order valence-corrected chi connectivity index (χ4v) is 3.54. The molecule has 4 amide bonds. The van der Waals surface area contributed by atoms with Crippen LogP contribution < -0.4 is 20.7 Å². The third-order valence-electron chi connectivity index (χ3n) is 5.19. The van der Waals surface area contributed by atoms with Crippen molar-refractivity contribution in [2.75, 3.05) is 37.4 Å². The Morgan fingerprint density at radius 3 is 2.50 bits per heavy atom. The number of piperidine rings is 1. The molecule has 0 saturated carbocycles. The molecule has 0 spiro atoms. The van der Waals surface area contributed by atoms with E-state index in [1.807, 2.05) is 12.1 Å². The maximum absolute atomic E-state index is 13.2. The molecule has 0 aromatic heterocycles. The highest BCUT2D eigenvalue weighted by atomic mass is 35.5. The van der Waals surface area contributed by atoms with Crippen molar-refractivity contribution in [2.45, 2.75) is 12.8 Å². The normalized spacial score (nSPS) is 13.9. The number of carbonyl (C=O) groups excluding carboxylic acids is 3. The average molecular weight is 463 g/mol. The van der Waals surface area contributed by atoms with Gasteiger partial charge in [0.1, 0.15) is 11.6 Å². The largest absolute Gasteiger partial charge is 0.495 e. The van der Waals surface area contributed by atoms with Crippen LogP contribution in [0.25, 0.3) is 0 Å². The van der Waals surface area contributed by atoms with E-state index in [1.165, 1.54) is 12.1 Å². The molecule has 0 unspecified atom stereocenters. The molecule has 0 bridgehead atoms. The van der Waals surface area contributed by atoms with Gasteiger partial charge in [-0.25, -0.2) is 9.18 Å². The van der Waals surface area contributed by atoms with Gasteiger partial charge >= 0.3 is 17.8 Å². The number of halogens is 2. The summed E-state index contributed by atoms with van der Waals surface area (Å²) in [6, 6.07) is 10.6. The predicted octanol–water partition coefficient (Wildman–Crippen LogP) is 3.49. The van der Waals surface area contributed by atoms with Crippen molar-refractivity contribution < 1.29 is 23.5 Å². The van der Waals surface area contributed by atoms with Crippen molar-refractivity contribution in [3.8, 4) is 5.75 Å². The lowest BCUT2D eigenvalue weighted by molar-refractivity contribution is -0.136. The Balaban J connectivity index is 1.41. The minimum atomic E-state index is -0.860. The molecule has 0 aliphatic carbocycles. The van der Waals surface area contributed by atoms with Crippen molar-refractivity contribution in [1.29, 1.82) is 0 Å². The van der Waals surface area contributed by atoms with Crippen LogP contribution in [0.2, 0.25) is 5.02 Å². The summed E-state index contributed by atoms with van der Waals surface area (Å²) in [5.41, 5.74) is 0.828. The van der Waals surface area contributed by atoms with Crippen molar-refractivity contribution in [1.82, 2.24) is 10.2 Å². The summed E-state index contributed by atoms with van der Waals surface area (Å²) in [7, 11) is 1.54. The molecule has 1 heterocycles. The summed E-state index contributed by atoms with van der Waals surface area (Å²) < 4.78 is 18.4. The van der Waals surface area contributed by atoms with Crippen LogP contribution in [0.3, 0.4) is 0 Å². The van der Waals surface area contributed by atoms with Crippen molar-refractivity contribution in [3.63, 3.8) is 0 Å². The van der Waals surface area contributed by atoms with E-state index in [-0.39, 0.29) is 22.7 Å². The number of para-hydroxylation sites is 2. The molecule has 3 N–H and O–H groups in total. The van der Waals surface area contributed by atoms with Crippen LogP contribution in [0, 0.1) is 11.7 Å². The van der Waals surface area contributed by atoms with Crippen molar-refractivity contribution in [2.24, 2.45) is 5.92 Å². The number of nitrogens with zero attached hydrogens (tertiary/aromatic N) is 1. The van der Waals surface area contributed by atoms with Crippen LogP contribution in [-0.2, 0) is 9.59 Å². The second-order valence-corrected chi connectivity index (χ2v) is 7.76. The second kappa shape index (κ2) is 10.8. The maximum Gasteiger partial charge on any atom is 0.321 e. The zero-order chi connectivity index (χ0) is 23.1. The number of nitrogens with one attached hydrogen (secondary N) is 3. The molecule has 2 aromatic rings. The molecular formula is C22H24ClFN4O4. The molecule has 10 heteroatoms. The highest BCUT2D eigenvalue weighted by Gasteiger charge is 2.24. The minimum absolute atomic E-state index is 0.141. The summed E-state index contributed by atoms with van der Waals surface area (Å²) in [5.74, 6) is -1.54. The molecule has 170 valence electrons. The fraction of sp³-hybridized carbons (Fsp3) is 0.318. The average Bonchev–Trinajstić information content (AvgIpc) is 2.80. The molecule has 0 atom stereocenters. The Bertz CT molecular complexity index is 996. The van der Waals surface area contributed by atoms with Gasteiger partial charge in [0.05, 0.1) is 17.8 Å². The number of hydrogen-bond acceptors (Lipinski definition) is 4. The van der Waals surface area contributed by atoms with E-state index in [1.54, 1.807) is 24.1 Å². The molecule has 2 aromatic carbocycles. The Hall–Kier alpha value is -3.33. The number of methoxy groups -OCH3 is 1. The van der Waals surface area contributed by atoms with Gasteiger partial charge in [-0.2, -0.15) is 0 Å². The van der Waals surface area contributed by atoms with Gasteiger partial charge in [0.2, 0.25) is 0 Å². The number of hydrogen-bond donors (Lipinski definition) is 3. The maximum atomic E-state index is 13.2. The van der Waals surface area contributed by atoms with E-state index >= 15 is 0 Å². The van der Waals surface area contributed by atoms with E-state index in [2.05, 4.69) is 16.0 Å². The number of benzene rings is 2. The predicted molar refractivity (Wildman–Crippen MR) is 119 cm³/mol. The topological polar surface area (TPSA) is 99.8 Å². The quantitative estimate of drug-likeness (QED) is 0.592. The number of ether oxygens (including phenoxy) is 1. The van der Waals surface area contributed by atoms with Gasteiger partial charge in [-0.15, -0.1) is 0 Å². The lowest BCUT2D eigenvalue weighted by atomic mass is 9.97. The Morgan fingerprint density at radius 2 is 1.81 bits per heavy atom. The van der Waals surface area contributed by atoms with Gasteiger partial charge in [0.25, 0.3) is 0 Å². The van der Waals surface area contributed by atoms with Crippen molar-refractivity contribution in [3.05, 3.63) is 53.3 Å². The number of carbonyl (C=O) groups is 3. The van der Waals surface area contributed by atoms with Gasteiger partial charge in [-0.05, 0) is 49.1 Å². The first-order chi connectivity index (χ1) is 15.4. The first kappa shape index (κ1) is 23.3. The number of likely N-dealkylation sites (tertiary alicyclic amines) is 1. The molecule has 0 radical (unpaired) electrons. The van der Waals surface area contributed by atoms with Crippen LogP contribution in [0.4, 0.5) is 20.6 Å². The summed E-state index contributed by atoms with van der Waals surface area (Å²) in [5, 5.41) is 7.68. The molecule has 8 nitrogen and oxygen atoms in total. The van der Waals surface area contributed by atoms with E-state index in [0.29, 0.717) is 43.9 Å². The number of urea groups is 1. The van der Waals surface area contributed by atoms with E-state index in [0.717, 1.165) is 6.07 Å². The molecule has 1 fully saturated rings.